The number of nitrogens with one attached hydrogen (secondary N) is 1. The topological polar surface area (TPSA) is 58.1 Å². The second-order valence-corrected chi connectivity index (χ2v) is 6.49. The van der Waals surface area contributed by atoms with Crippen molar-refractivity contribution in [2.75, 3.05) is 18.0 Å². The highest BCUT2D eigenvalue weighted by Gasteiger charge is 2.18. The maximum Gasteiger partial charge on any atom is 0.272 e. The van der Waals surface area contributed by atoms with Crippen LogP contribution >= 0.6 is 0 Å². The molecule has 0 spiro atoms. The normalized spacial score (nSPS) is 20.5. The van der Waals surface area contributed by atoms with E-state index in [1.165, 1.54) is 44.9 Å². The Hall–Kier alpha value is -1.65. The fraction of sp³-hybridized carbons (Fsp3) is 0.706. The van der Waals surface area contributed by atoms with Gasteiger partial charge >= 0.3 is 0 Å². The third-order valence-electron chi connectivity index (χ3n) is 4.75. The van der Waals surface area contributed by atoms with Crippen molar-refractivity contribution in [1.82, 2.24) is 15.5 Å². The van der Waals surface area contributed by atoms with E-state index in [1.54, 1.807) is 0 Å². The highest BCUT2D eigenvalue weighted by molar-refractivity contribution is 5.92. The molecule has 0 unspecified atom stereocenters. The molecule has 2 heterocycles. The van der Waals surface area contributed by atoms with Gasteiger partial charge in [-0.25, -0.2) is 0 Å². The molecular weight excluding hydrogens is 276 g/mol. The molecule has 0 bridgehead atoms. The summed E-state index contributed by atoms with van der Waals surface area (Å²) in [7, 11) is 0. The molecule has 0 radical (unpaired) electrons. The smallest absolute Gasteiger partial charge is 0.272 e. The minimum atomic E-state index is -0.0817. The quantitative estimate of drug-likeness (QED) is 0.932. The number of nitrogens with zero attached hydrogens (tertiary/aromatic N) is 3. The van der Waals surface area contributed by atoms with Gasteiger partial charge in [0.05, 0.1) is 0 Å². The van der Waals surface area contributed by atoms with Gasteiger partial charge in [-0.15, -0.1) is 10.2 Å². The molecule has 1 aromatic heterocycles. The van der Waals surface area contributed by atoms with Gasteiger partial charge in [-0.2, -0.15) is 0 Å². The van der Waals surface area contributed by atoms with Crippen molar-refractivity contribution in [3.63, 3.8) is 0 Å². The SMILES string of the molecule is O=C(NC1CCCCC1)c1ccc(N2CCCCCC2)nn1. The molecular formula is C17H26N4O. The average molecular weight is 302 g/mol. The number of hydrogen-bond acceptors (Lipinski definition) is 4. The average Bonchev–Trinajstić information content (AvgIpc) is 2.85. The number of carbonyl (C=O) groups is 1. The Bertz CT molecular complexity index is 474. The first-order valence-corrected chi connectivity index (χ1v) is 8.72. The first kappa shape index (κ1) is 15.3. The Morgan fingerprint density at radius 1 is 0.955 bits per heavy atom. The van der Waals surface area contributed by atoms with Gasteiger partial charge in [0.2, 0.25) is 0 Å². The zero-order valence-corrected chi connectivity index (χ0v) is 13.3. The van der Waals surface area contributed by atoms with Crippen molar-refractivity contribution in [3.8, 4) is 0 Å². The van der Waals surface area contributed by atoms with Crippen LogP contribution in [0.1, 0.15) is 68.3 Å². The van der Waals surface area contributed by atoms with Crippen molar-refractivity contribution < 1.29 is 4.79 Å². The van der Waals surface area contributed by atoms with Crippen LogP contribution in [0.3, 0.4) is 0 Å². The summed E-state index contributed by atoms with van der Waals surface area (Å²) in [5.41, 5.74) is 0.434. The van der Waals surface area contributed by atoms with Crippen LogP contribution in [-0.4, -0.2) is 35.2 Å². The minimum Gasteiger partial charge on any atom is -0.355 e. The van der Waals surface area contributed by atoms with Gasteiger partial charge in [-0.3, -0.25) is 4.79 Å². The molecule has 1 saturated carbocycles. The molecule has 1 N–H and O–H groups in total. The second kappa shape index (κ2) is 7.56. The molecule has 1 saturated heterocycles. The minimum absolute atomic E-state index is 0.0817. The molecule has 2 fully saturated rings. The van der Waals surface area contributed by atoms with Crippen molar-refractivity contribution in [3.05, 3.63) is 17.8 Å². The third-order valence-corrected chi connectivity index (χ3v) is 4.75. The zero-order chi connectivity index (χ0) is 15.2. The van der Waals surface area contributed by atoms with Crippen LogP contribution in [0.15, 0.2) is 12.1 Å². The molecule has 0 aromatic carbocycles. The van der Waals surface area contributed by atoms with Crippen molar-refractivity contribution in [2.45, 2.75) is 63.8 Å². The highest BCUT2D eigenvalue weighted by Crippen LogP contribution is 2.19. The summed E-state index contributed by atoms with van der Waals surface area (Å²) in [5, 5.41) is 11.5. The summed E-state index contributed by atoms with van der Waals surface area (Å²) in [4.78, 5) is 14.5. The fourth-order valence-electron chi connectivity index (χ4n) is 3.42. The van der Waals surface area contributed by atoms with Crippen LogP contribution in [0, 0.1) is 0 Å². The summed E-state index contributed by atoms with van der Waals surface area (Å²) in [5.74, 6) is 0.818. The van der Waals surface area contributed by atoms with Gasteiger partial charge in [-0.05, 0) is 37.8 Å². The Labute approximate surface area is 132 Å². The number of carbonyl (C=O) groups excluding carboxylic acids is 1. The van der Waals surface area contributed by atoms with E-state index in [-0.39, 0.29) is 5.91 Å². The molecule has 22 heavy (non-hydrogen) atoms. The van der Waals surface area contributed by atoms with Crippen molar-refractivity contribution >= 4 is 11.7 Å². The Kier molecular flexibility index (Phi) is 5.24. The molecule has 0 atom stereocenters. The van der Waals surface area contributed by atoms with Gasteiger partial charge in [0, 0.05) is 19.1 Å². The van der Waals surface area contributed by atoms with Gasteiger partial charge < -0.3 is 10.2 Å². The number of rotatable bonds is 3. The lowest BCUT2D eigenvalue weighted by Gasteiger charge is -2.23. The maximum absolute atomic E-state index is 12.2. The Balaban J connectivity index is 1.59. The van der Waals surface area contributed by atoms with Crippen LogP contribution in [0.2, 0.25) is 0 Å². The molecule has 5 nitrogen and oxygen atoms in total. The van der Waals surface area contributed by atoms with E-state index >= 15 is 0 Å². The van der Waals surface area contributed by atoms with E-state index in [2.05, 4.69) is 20.4 Å². The number of anilines is 1. The molecule has 1 aliphatic carbocycles. The molecule has 3 rings (SSSR count). The van der Waals surface area contributed by atoms with Gasteiger partial charge in [0.15, 0.2) is 11.5 Å². The van der Waals surface area contributed by atoms with E-state index in [1.807, 2.05) is 12.1 Å². The van der Waals surface area contributed by atoms with E-state index < -0.39 is 0 Å². The standard InChI is InChI=1S/C17H26N4O/c22-17(18-14-8-4-3-5-9-14)15-10-11-16(20-19-15)21-12-6-1-2-7-13-21/h10-11,14H,1-9,12-13H2,(H,18,22). The fourth-order valence-corrected chi connectivity index (χ4v) is 3.42. The van der Waals surface area contributed by atoms with Gasteiger partial charge in [0.25, 0.3) is 5.91 Å². The predicted molar refractivity (Wildman–Crippen MR) is 87.1 cm³/mol. The third kappa shape index (κ3) is 3.96. The molecule has 120 valence electrons. The second-order valence-electron chi connectivity index (χ2n) is 6.49. The van der Waals surface area contributed by atoms with Crippen molar-refractivity contribution in [2.24, 2.45) is 0 Å². The predicted octanol–water partition coefficient (Wildman–Crippen LogP) is 2.92. The van der Waals surface area contributed by atoms with Crippen LogP contribution < -0.4 is 10.2 Å². The summed E-state index contributed by atoms with van der Waals surface area (Å²) in [6, 6.07) is 4.06. The number of aromatic nitrogens is 2. The Morgan fingerprint density at radius 3 is 2.27 bits per heavy atom. The summed E-state index contributed by atoms with van der Waals surface area (Å²) in [6.45, 7) is 2.09. The van der Waals surface area contributed by atoms with E-state index in [0.717, 1.165) is 31.7 Å². The molecule has 1 amide bonds. The number of hydrogen-bond donors (Lipinski definition) is 1. The molecule has 2 aliphatic rings. The summed E-state index contributed by atoms with van der Waals surface area (Å²) in [6.07, 6.45) is 10.9. The highest BCUT2D eigenvalue weighted by atomic mass is 16.2. The van der Waals surface area contributed by atoms with E-state index in [0.29, 0.717) is 11.7 Å². The summed E-state index contributed by atoms with van der Waals surface area (Å²) >= 11 is 0. The van der Waals surface area contributed by atoms with Crippen LogP contribution in [0.25, 0.3) is 0 Å². The first-order chi connectivity index (χ1) is 10.8. The Morgan fingerprint density at radius 2 is 1.64 bits per heavy atom. The van der Waals surface area contributed by atoms with Crippen molar-refractivity contribution in [1.29, 1.82) is 0 Å². The zero-order valence-electron chi connectivity index (χ0n) is 13.3. The summed E-state index contributed by atoms with van der Waals surface area (Å²) < 4.78 is 0. The monoisotopic (exact) mass is 302 g/mol. The maximum atomic E-state index is 12.2. The lowest BCUT2D eigenvalue weighted by molar-refractivity contribution is 0.0921. The van der Waals surface area contributed by atoms with Gasteiger partial charge in [0.1, 0.15) is 0 Å². The van der Waals surface area contributed by atoms with E-state index in [4.69, 9.17) is 0 Å². The van der Waals surface area contributed by atoms with Crippen LogP contribution in [0.5, 0.6) is 0 Å². The number of amides is 1. The lowest BCUT2D eigenvalue weighted by atomic mass is 9.95. The molecule has 1 aliphatic heterocycles. The van der Waals surface area contributed by atoms with Crippen LogP contribution in [0.4, 0.5) is 5.82 Å². The molecule has 5 heteroatoms. The van der Waals surface area contributed by atoms with E-state index in [9.17, 15) is 4.79 Å². The largest absolute Gasteiger partial charge is 0.355 e. The first-order valence-electron chi connectivity index (χ1n) is 8.72. The molecule has 1 aromatic rings. The van der Waals surface area contributed by atoms with Gasteiger partial charge in [-0.1, -0.05) is 32.1 Å². The lowest BCUT2D eigenvalue weighted by Crippen LogP contribution is -2.36. The van der Waals surface area contributed by atoms with Crippen LogP contribution in [-0.2, 0) is 0 Å².